The summed E-state index contributed by atoms with van der Waals surface area (Å²) in [6.45, 7) is 3.62. The fourth-order valence-electron chi connectivity index (χ4n) is 2.33. The van der Waals surface area contributed by atoms with E-state index < -0.39 is 23.9 Å². The Labute approximate surface area is 141 Å². The molecule has 1 heterocycles. The van der Waals surface area contributed by atoms with Crippen LogP contribution in [0.25, 0.3) is 0 Å². The fourth-order valence-corrected chi connectivity index (χ4v) is 2.72. The molecule has 4 amide bonds. The molecule has 0 bridgehead atoms. The number of carbonyl (C=O) groups excluding carboxylic acids is 2. The van der Waals surface area contributed by atoms with Crippen LogP contribution in [0.4, 0.5) is 14.0 Å². The number of hydrogen-bond donors (Lipinski definition) is 2. The molecule has 8 heteroatoms. The Morgan fingerprint density at radius 2 is 2.26 bits per heavy atom. The molecule has 1 unspecified atom stereocenters. The molecule has 0 saturated carbocycles. The van der Waals surface area contributed by atoms with E-state index in [1.807, 2.05) is 6.07 Å². The number of carbonyl (C=O) groups is 2. The number of amides is 4. The maximum atomic E-state index is 13.5. The van der Waals surface area contributed by atoms with E-state index in [-0.39, 0.29) is 10.0 Å². The Hall–Kier alpha value is -2.40. The monoisotopic (exact) mass is 380 g/mol. The van der Waals surface area contributed by atoms with Crippen LogP contribution in [-0.2, 0) is 0 Å². The first-order valence-electron chi connectivity index (χ1n) is 6.84. The summed E-state index contributed by atoms with van der Waals surface area (Å²) in [5, 5.41) is 14.5. The summed E-state index contributed by atoms with van der Waals surface area (Å²) in [5.74, 6) is -0.474. The highest BCUT2D eigenvalue weighted by molar-refractivity contribution is 9.10. The van der Waals surface area contributed by atoms with E-state index in [4.69, 9.17) is 0 Å². The highest BCUT2D eigenvalue weighted by Gasteiger charge is 2.38. The molecule has 1 aromatic rings. The number of rotatable bonds is 2. The van der Waals surface area contributed by atoms with Crippen LogP contribution in [0, 0.1) is 17.1 Å². The maximum Gasteiger partial charge on any atom is 0.330 e. The van der Waals surface area contributed by atoms with Gasteiger partial charge in [-0.1, -0.05) is 6.07 Å². The Morgan fingerprint density at radius 3 is 2.83 bits per heavy atom. The van der Waals surface area contributed by atoms with E-state index >= 15 is 0 Å². The lowest BCUT2D eigenvalue weighted by Gasteiger charge is -2.34. The molecular weight excluding hydrogens is 367 g/mol. The van der Waals surface area contributed by atoms with Crippen molar-refractivity contribution in [2.75, 3.05) is 6.54 Å². The van der Waals surface area contributed by atoms with Crippen LogP contribution in [0.2, 0.25) is 0 Å². The molecule has 0 radical (unpaired) electrons. The normalized spacial score (nSPS) is 17.6. The van der Waals surface area contributed by atoms with Gasteiger partial charge < -0.3 is 10.6 Å². The molecule has 1 aliphatic heterocycles. The van der Waals surface area contributed by atoms with Crippen LogP contribution in [0.1, 0.15) is 25.5 Å². The Kier molecular flexibility index (Phi) is 5.01. The minimum atomic E-state index is -0.919. The van der Waals surface area contributed by atoms with Gasteiger partial charge in [-0.2, -0.15) is 5.26 Å². The molecule has 0 fully saturated rings. The lowest BCUT2D eigenvalue weighted by atomic mass is 9.95. The zero-order chi connectivity index (χ0) is 17.1. The summed E-state index contributed by atoms with van der Waals surface area (Å²) in [5.41, 5.74) is 1.04. The van der Waals surface area contributed by atoms with E-state index in [0.29, 0.717) is 17.8 Å². The third-order valence-electron chi connectivity index (χ3n) is 3.38. The zero-order valence-corrected chi connectivity index (χ0v) is 14.1. The lowest BCUT2D eigenvalue weighted by Crippen LogP contribution is -2.53. The van der Waals surface area contributed by atoms with Gasteiger partial charge in [-0.05, 0) is 47.5 Å². The highest BCUT2D eigenvalue weighted by Crippen LogP contribution is 2.34. The molecule has 1 aliphatic rings. The van der Waals surface area contributed by atoms with Crippen LogP contribution in [-0.4, -0.2) is 23.5 Å². The van der Waals surface area contributed by atoms with Gasteiger partial charge in [0.1, 0.15) is 11.9 Å². The molecule has 2 rings (SSSR count). The van der Waals surface area contributed by atoms with Crippen molar-refractivity contribution in [1.29, 1.82) is 5.26 Å². The fraction of sp³-hybridized carbons (Fsp3) is 0.267. The Morgan fingerprint density at radius 1 is 1.57 bits per heavy atom. The minimum Gasteiger partial charge on any atom is -0.338 e. The SMILES string of the molecule is CCNC(=O)N1C(=O)NC(C)=C(C#N)C1c1ccc(F)c(Br)c1. The third-order valence-corrected chi connectivity index (χ3v) is 3.98. The summed E-state index contributed by atoms with van der Waals surface area (Å²) >= 11 is 3.08. The van der Waals surface area contributed by atoms with Gasteiger partial charge in [0.25, 0.3) is 0 Å². The largest absolute Gasteiger partial charge is 0.338 e. The molecule has 23 heavy (non-hydrogen) atoms. The second-order valence-electron chi connectivity index (χ2n) is 4.86. The minimum absolute atomic E-state index is 0.187. The molecule has 0 aliphatic carbocycles. The number of hydrogen-bond acceptors (Lipinski definition) is 3. The average molecular weight is 381 g/mol. The lowest BCUT2D eigenvalue weighted by molar-refractivity contribution is 0.173. The molecule has 0 aromatic heterocycles. The number of benzene rings is 1. The molecule has 0 spiro atoms. The number of halogens is 2. The molecule has 0 saturated heterocycles. The number of nitrogens with zero attached hydrogens (tertiary/aromatic N) is 2. The second-order valence-corrected chi connectivity index (χ2v) is 5.72. The van der Waals surface area contributed by atoms with Gasteiger partial charge in [0, 0.05) is 12.2 Å². The van der Waals surface area contributed by atoms with Crippen LogP contribution >= 0.6 is 15.9 Å². The quantitative estimate of drug-likeness (QED) is 0.825. The van der Waals surface area contributed by atoms with Crippen molar-refractivity contribution in [3.63, 3.8) is 0 Å². The molecule has 2 N–H and O–H groups in total. The summed E-state index contributed by atoms with van der Waals surface area (Å²) in [4.78, 5) is 25.4. The molecule has 1 atom stereocenters. The van der Waals surface area contributed by atoms with Crippen molar-refractivity contribution in [3.05, 3.63) is 45.3 Å². The Balaban J connectivity index is 2.60. The van der Waals surface area contributed by atoms with Gasteiger partial charge in [0.05, 0.1) is 16.1 Å². The first-order chi connectivity index (χ1) is 10.9. The first kappa shape index (κ1) is 17.0. The Bertz CT molecular complexity index is 741. The van der Waals surface area contributed by atoms with Crippen molar-refractivity contribution in [3.8, 4) is 6.07 Å². The summed E-state index contributed by atoms with van der Waals surface area (Å²) in [7, 11) is 0. The van der Waals surface area contributed by atoms with Gasteiger partial charge in [-0.15, -0.1) is 0 Å². The second kappa shape index (κ2) is 6.79. The topological polar surface area (TPSA) is 85.2 Å². The maximum absolute atomic E-state index is 13.5. The van der Waals surface area contributed by atoms with E-state index in [2.05, 4.69) is 26.6 Å². The van der Waals surface area contributed by atoms with Crippen molar-refractivity contribution in [2.24, 2.45) is 0 Å². The average Bonchev–Trinajstić information content (AvgIpc) is 2.49. The van der Waals surface area contributed by atoms with Crippen LogP contribution in [0.15, 0.2) is 33.9 Å². The van der Waals surface area contributed by atoms with Crippen molar-refractivity contribution >= 4 is 28.0 Å². The van der Waals surface area contributed by atoms with Crippen molar-refractivity contribution in [1.82, 2.24) is 15.5 Å². The van der Waals surface area contributed by atoms with Crippen molar-refractivity contribution in [2.45, 2.75) is 19.9 Å². The zero-order valence-electron chi connectivity index (χ0n) is 12.5. The number of nitriles is 1. The highest BCUT2D eigenvalue weighted by atomic mass is 79.9. The van der Waals surface area contributed by atoms with Crippen LogP contribution < -0.4 is 10.6 Å². The smallest absolute Gasteiger partial charge is 0.330 e. The van der Waals surface area contributed by atoms with E-state index in [1.54, 1.807) is 13.8 Å². The van der Waals surface area contributed by atoms with Crippen LogP contribution in [0.5, 0.6) is 0 Å². The van der Waals surface area contributed by atoms with E-state index in [1.165, 1.54) is 18.2 Å². The van der Waals surface area contributed by atoms with Gasteiger partial charge in [0.15, 0.2) is 0 Å². The molecule has 1 aromatic carbocycles. The van der Waals surface area contributed by atoms with Gasteiger partial charge in [-0.25, -0.2) is 18.9 Å². The first-order valence-corrected chi connectivity index (χ1v) is 7.63. The number of imide groups is 1. The number of allylic oxidation sites excluding steroid dienone is 1. The van der Waals surface area contributed by atoms with E-state index in [0.717, 1.165) is 4.90 Å². The summed E-state index contributed by atoms with van der Waals surface area (Å²) in [6, 6.07) is 3.94. The predicted octanol–water partition coefficient (Wildman–Crippen LogP) is 3.18. The number of urea groups is 2. The van der Waals surface area contributed by atoms with Gasteiger partial charge in [0.2, 0.25) is 0 Å². The van der Waals surface area contributed by atoms with Gasteiger partial charge in [-0.3, -0.25) is 0 Å². The summed E-state index contributed by atoms with van der Waals surface area (Å²) in [6.07, 6.45) is 0. The molecular formula is C15H14BrFN4O2. The summed E-state index contributed by atoms with van der Waals surface area (Å²) < 4.78 is 13.7. The molecule has 6 nitrogen and oxygen atoms in total. The number of nitrogens with one attached hydrogen (secondary N) is 2. The standard InChI is InChI=1S/C15H14BrFN4O2/c1-3-19-14(22)21-13(9-4-5-12(17)11(16)6-9)10(7-18)8(2)20-15(21)23/h4-6,13H,3H2,1-2H3,(H,19,22)(H,20,23). The third kappa shape index (κ3) is 3.19. The van der Waals surface area contributed by atoms with Crippen LogP contribution in [0.3, 0.4) is 0 Å². The van der Waals surface area contributed by atoms with Gasteiger partial charge >= 0.3 is 12.1 Å². The van der Waals surface area contributed by atoms with Crippen molar-refractivity contribution < 1.29 is 14.0 Å². The molecule has 120 valence electrons. The van der Waals surface area contributed by atoms with E-state index in [9.17, 15) is 19.2 Å². The predicted molar refractivity (Wildman–Crippen MR) is 84.6 cm³/mol.